The van der Waals surface area contributed by atoms with E-state index in [-0.39, 0.29) is 16.9 Å². The van der Waals surface area contributed by atoms with E-state index in [1.54, 1.807) is 11.1 Å². The van der Waals surface area contributed by atoms with E-state index in [0.717, 1.165) is 16.0 Å². The van der Waals surface area contributed by atoms with Gasteiger partial charge in [0.05, 0.1) is 28.5 Å². The number of halogens is 1. The van der Waals surface area contributed by atoms with Crippen LogP contribution in [-0.4, -0.2) is 33.5 Å². The molecule has 3 aromatic carbocycles. The van der Waals surface area contributed by atoms with Crippen molar-refractivity contribution in [3.8, 4) is 0 Å². The second kappa shape index (κ2) is 7.94. The minimum atomic E-state index is -1.05. The number of amides is 2. The monoisotopic (exact) mass is 483 g/mol. The predicted octanol–water partition coefficient (Wildman–Crippen LogP) is 4.13. The maximum absolute atomic E-state index is 13.8. The number of hydrogen-bond acceptors (Lipinski definition) is 6. The average Bonchev–Trinajstić information content (AvgIpc) is 3.37. The lowest BCUT2D eigenvalue weighted by Crippen LogP contribution is -2.44. The number of carbonyl (C=O) groups excluding carboxylic acids is 3. The summed E-state index contributed by atoms with van der Waals surface area (Å²) in [6.07, 6.45) is 3.54. The van der Waals surface area contributed by atoms with Crippen molar-refractivity contribution in [3.63, 3.8) is 0 Å². The van der Waals surface area contributed by atoms with Gasteiger partial charge in [0.1, 0.15) is 11.9 Å². The molecule has 0 bridgehead atoms. The van der Waals surface area contributed by atoms with E-state index >= 15 is 0 Å². The molecular weight excluding hydrogens is 465 g/mol. The number of fused-ring (bicyclic) bond motifs is 5. The highest BCUT2D eigenvalue weighted by atomic mass is 19.1. The van der Waals surface area contributed by atoms with Gasteiger partial charge in [-0.15, -0.1) is 0 Å². The first-order chi connectivity index (χ1) is 17.4. The summed E-state index contributed by atoms with van der Waals surface area (Å²) in [5.41, 5.74) is 1.76. The summed E-state index contributed by atoms with van der Waals surface area (Å²) in [4.78, 5) is 54.8. The Labute approximate surface area is 204 Å². The van der Waals surface area contributed by atoms with E-state index in [1.165, 1.54) is 48.5 Å². The average molecular weight is 483 g/mol. The zero-order valence-electron chi connectivity index (χ0n) is 18.7. The molecule has 0 aromatic heterocycles. The Kier molecular flexibility index (Phi) is 4.82. The standard InChI is InChI=1S/C27H18FN3O5/c28-17-8-10-18(11-9-17)30-26(33)21-22(27(30)34)24(25(32)16-5-3-6-19(14-16)31(35)36)29-13-12-15-4-1-2-7-20(15)23(21)29/h1-14,21-24H/t21-,22-,23-,24+/m0/s1. The van der Waals surface area contributed by atoms with Crippen LogP contribution in [0.4, 0.5) is 15.8 Å². The van der Waals surface area contributed by atoms with Gasteiger partial charge in [-0.05, 0) is 41.5 Å². The van der Waals surface area contributed by atoms with Crippen LogP contribution in [0.25, 0.3) is 6.08 Å². The van der Waals surface area contributed by atoms with Gasteiger partial charge in [-0.2, -0.15) is 0 Å². The zero-order chi connectivity index (χ0) is 25.1. The van der Waals surface area contributed by atoms with E-state index in [9.17, 15) is 28.9 Å². The molecule has 0 unspecified atom stereocenters. The molecule has 2 saturated heterocycles. The van der Waals surface area contributed by atoms with Crippen molar-refractivity contribution in [2.24, 2.45) is 11.8 Å². The van der Waals surface area contributed by atoms with E-state index < -0.39 is 52.3 Å². The lowest BCUT2D eigenvalue weighted by Gasteiger charge is -2.35. The van der Waals surface area contributed by atoms with E-state index in [1.807, 2.05) is 30.3 Å². The van der Waals surface area contributed by atoms with Gasteiger partial charge < -0.3 is 4.90 Å². The number of anilines is 1. The van der Waals surface area contributed by atoms with Gasteiger partial charge in [-0.3, -0.25) is 24.5 Å². The molecule has 2 fully saturated rings. The van der Waals surface area contributed by atoms with Crippen molar-refractivity contribution in [1.82, 2.24) is 4.90 Å². The Morgan fingerprint density at radius 3 is 2.39 bits per heavy atom. The minimum Gasteiger partial charge on any atom is -0.358 e. The van der Waals surface area contributed by atoms with Crippen molar-refractivity contribution in [2.75, 3.05) is 4.90 Å². The van der Waals surface area contributed by atoms with Crippen LogP contribution in [-0.2, 0) is 9.59 Å². The van der Waals surface area contributed by atoms with Crippen LogP contribution >= 0.6 is 0 Å². The third-order valence-corrected chi connectivity index (χ3v) is 7.16. The third kappa shape index (κ3) is 3.09. The number of carbonyl (C=O) groups is 3. The summed E-state index contributed by atoms with van der Waals surface area (Å²) in [5.74, 6) is -3.89. The molecule has 0 saturated carbocycles. The Balaban J connectivity index is 1.49. The molecule has 0 N–H and O–H groups in total. The summed E-state index contributed by atoms with van der Waals surface area (Å²) in [7, 11) is 0. The maximum atomic E-state index is 13.8. The number of nitrogens with zero attached hydrogens (tertiary/aromatic N) is 3. The fraction of sp³-hybridized carbons (Fsp3) is 0.148. The van der Waals surface area contributed by atoms with E-state index in [2.05, 4.69) is 0 Å². The SMILES string of the molecule is O=C(c1cccc([N+](=O)[O-])c1)[C@H]1[C@H]2C(=O)N(c3ccc(F)cc3)C(=O)[C@@H]2[C@@H]2c3ccccc3C=CN12. The van der Waals surface area contributed by atoms with Crippen molar-refractivity contribution < 1.29 is 23.7 Å². The Hall–Kier alpha value is -4.66. The van der Waals surface area contributed by atoms with Crippen LogP contribution in [0, 0.1) is 27.8 Å². The first-order valence-corrected chi connectivity index (χ1v) is 11.3. The highest BCUT2D eigenvalue weighted by Gasteiger charge is 2.64. The van der Waals surface area contributed by atoms with Crippen molar-refractivity contribution >= 4 is 35.0 Å². The predicted molar refractivity (Wildman–Crippen MR) is 127 cm³/mol. The third-order valence-electron chi connectivity index (χ3n) is 7.16. The molecule has 3 aliphatic rings. The van der Waals surface area contributed by atoms with Crippen LogP contribution in [0.2, 0.25) is 0 Å². The molecule has 4 atom stereocenters. The largest absolute Gasteiger partial charge is 0.358 e. The molecule has 0 aliphatic carbocycles. The lowest BCUT2D eigenvalue weighted by atomic mass is 9.83. The molecular formula is C27H18FN3O5. The van der Waals surface area contributed by atoms with Gasteiger partial charge in [0.15, 0.2) is 5.78 Å². The van der Waals surface area contributed by atoms with E-state index in [4.69, 9.17) is 0 Å². The van der Waals surface area contributed by atoms with Crippen LogP contribution in [0.5, 0.6) is 0 Å². The Morgan fingerprint density at radius 1 is 0.917 bits per heavy atom. The fourth-order valence-electron chi connectivity index (χ4n) is 5.65. The fourth-order valence-corrected chi connectivity index (χ4v) is 5.65. The van der Waals surface area contributed by atoms with Gasteiger partial charge in [-0.25, -0.2) is 9.29 Å². The number of imide groups is 1. The van der Waals surface area contributed by atoms with Gasteiger partial charge >= 0.3 is 0 Å². The lowest BCUT2D eigenvalue weighted by molar-refractivity contribution is -0.384. The maximum Gasteiger partial charge on any atom is 0.270 e. The smallest absolute Gasteiger partial charge is 0.270 e. The van der Waals surface area contributed by atoms with Crippen LogP contribution in [0.3, 0.4) is 0 Å². The number of non-ortho nitro benzene ring substituents is 1. The first kappa shape index (κ1) is 21.8. The molecule has 3 aromatic rings. The number of rotatable bonds is 4. The molecule has 2 amide bonds. The number of ketones is 1. The van der Waals surface area contributed by atoms with Crippen LogP contribution < -0.4 is 4.90 Å². The van der Waals surface area contributed by atoms with Crippen molar-refractivity contribution in [3.05, 3.63) is 112 Å². The molecule has 36 heavy (non-hydrogen) atoms. The highest BCUT2D eigenvalue weighted by molar-refractivity contribution is 6.24. The second-order valence-electron chi connectivity index (χ2n) is 8.99. The summed E-state index contributed by atoms with van der Waals surface area (Å²) in [5, 5.41) is 11.3. The topological polar surface area (TPSA) is 101 Å². The molecule has 3 aliphatic heterocycles. The number of nitro groups is 1. The zero-order valence-corrected chi connectivity index (χ0v) is 18.7. The normalized spacial score (nSPS) is 23.9. The van der Waals surface area contributed by atoms with Crippen molar-refractivity contribution in [2.45, 2.75) is 12.1 Å². The molecule has 8 nitrogen and oxygen atoms in total. The summed E-state index contributed by atoms with van der Waals surface area (Å²) < 4.78 is 13.5. The van der Waals surface area contributed by atoms with Crippen LogP contribution in [0.15, 0.2) is 79.0 Å². The first-order valence-electron chi connectivity index (χ1n) is 11.3. The number of benzene rings is 3. The van der Waals surface area contributed by atoms with Gasteiger partial charge in [0, 0.05) is 23.9 Å². The number of Topliss-reactive ketones (excluding diaryl/α,β-unsaturated/α-hetero) is 1. The van der Waals surface area contributed by atoms with Gasteiger partial charge in [0.2, 0.25) is 11.8 Å². The molecule has 6 rings (SSSR count). The molecule has 9 heteroatoms. The summed E-state index contributed by atoms with van der Waals surface area (Å²) in [6, 6.07) is 16.2. The molecule has 178 valence electrons. The summed E-state index contributed by atoms with van der Waals surface area (Å²) >= 11 is 0. The molecule has 0 radical (unpaired) electrons. The van der Waals surface area contributed by atoms with Gasteiger partial charge in [-0.1, -0.05) is 36.4 Å². The highest BCUT2D eigenvalue weighted by Crippen LogP contribution is 2.53. The summed E-state index contributed by atoms with van der Waals surface area (Å²) in [6.45, 7) is 0. The van der Waals surface area contributed by atoms with Crippen molar-refractivity contribution in [1.29, 1.82) is 0 Å². The second-order valence-corrected chi connectivity index (χ2v) is 8.99. The number of hydrogen-bond donors (Lipinski definition) is 0. The molecule has 3 heterocycles. The number of nitro benzene ring substituents is 1. The van der Waals surface area contributed by atoms with Gasteiger partial charge in [0.25, 0.3) is 5.69 Å². The Morgan fingerprint density at radius 2 is 1.64 bits per heavy atom. The Bertz CT molecular complexity index is 1480. The minimum absolute atomic E-state index is 0.0846. The quantitative estimate of drug-likeness (QED) is 0.239. The van der Waals surface area contributed by atoms with Crippen LogP contribution in [0.1, 0.15) is 27.5 Å². The van der Waals surface area contributed by atoms with E-state index in [0.29, 0.717) is 0 Å². The molecule has 0 spiro atoms.